The van der Waals surface area contributed by atoms with Gasteiger partial charge in [0.25, 0.3) is 0 Å². The average Bonchev–Trinajstić information content (AvgIpc) is 2.10. The van der Waals surface area contributed by atoms with Gasteiger partial charge < -0.3 is 5.73 Å². The van der Waals surface area contributed by atoms with Gasteiger partial charge in [0.1, 0.15) is 0 Å². The van der Waals surface area contributed by atoms with E-state index in [0.717, 1.165) is 0 Å². The quantitative estimate of drug-likeness (QED) is 0.569. The molecule has 0 spiro atoms. The SMILES string of the molecule is CC1(C#N)C=CC=C(C#N)C1N. The molecule has 2 atom stereocenters. The summed E-state index contributed by atoms with van der Waals surface area (Å²) in [5.74, 6) is 0. The molecular weight excluding hydrogens is 150 g/mol. The standard InChI is InChI=1S/C9H9N3/c1-9(6-11)4-2-3-7(5-10)8(9)12/h2-4,8H,12H2,1H3. The summed E-state index contributed by atoms with van der Waals surface area (Å²) in [5.41, 5.74) is 5.44. The van der Waals surface area contributed by atoms with Gasteiger partial charge in [-0.3, -0.25) is 0 Å². The minimum Gasteiger partial charge on any atom is -0.322 e. The largest absolute Gasteiger partial charge is 0.322 e. The van der Waals surface area contributed by atoms with Crippen molar-refractivity contribution in [2.45, 2.75) is 13.0 Å². The maximum Gasteiger partial charge on any atom is 0.0964 e. The van der Waals surface area contributed by atoms with Crippen LogP contribution in [0.2, 0.25) is 0 Å². The van der Waals surface area contributed by atoms with E-state index < -0.39 is 11.5 Å². The minimum atomic E-state index is -0.736. The molecule has 3 heteroatoms. The molecule has 2 N–H and O–H groups in total. The maximum atomic E-state index is 8.82. The third-order valence-electron chi connectivity index (χ3n) is 2.07. The van der Waals surface area contributed by atoms with E-state index in [4.69, 9.17) is 16.3 Å². The predicted octanol–water partition coefficient (Wildman–Crippen LogP) is 0.863. The molecule has 0 bridgehead atoms. The Kier molecular flexibility index (Phi) is 1.99. The summed E-state index contributed by atoms with van der Waals surface area (Å²) in [6.45, 7) is 1.72. The molecule has 0 fully saturated rings. The van der Waals surface area contributed by atoms with Crippen molar-refractivity contribution in [1.29, 1.82) is 10.5 Å². The van der Waals surface area contributed by atoms with E-state index in [9.17, 15) is 0 Å². The number of hydrogen-bond acceptors (Lipinski definition) is 3. The third-order valence-corrected chi connectivity index (χ3v) is 2.07. The normalized spacial score (nSPS) is 33.3. The minimum absolute atomic E-state index is 0.460. The smallest absolute Gasteiger partial charge is 0.0964 e. The second kappa shape index (κ2) is 2.81. The first-order valence-electron chi connectivity index (χ1n) is 3.60. The van der Waals surface area contributed by atoms with Gasteiger partial charge in [0.05, 0.1) is 23.6 Å². The Morgan fingerprint density at radius 2 is 2.25 bits per heavy atom. The molecule has 1 rings (SSSR count). The molecule has 0 heterocycles. The average molecular weight is 159 g/mol. The second-order valence-corrected chi connectivity index (χ2v) is 2.97. The molecule has 0 aromatic rings. The van der Waals surface area contributed by atoms with Crippen molar-refractivity contribution in [3.8, 4) is 12.1 Å². The van der Waals surface area contributed by atoms with Crippen LogP contribution in [-0.2, 0) is 0 Å². The van der Waals surface area contributed by atoms with Crippen LogP contribution in [0.1, 0.15) is 6.92 Å². The van der Waals surface area contributed by atoms with E-state index in [-0.39, 0.29) is 0 Å². The zero-order valence-corrected chi connectivity index (χ0v) is 6.78. The molecule has 0 radical (unpaired) electrons. The van der Waals surface area contributed by atoms with E-state index in [1.54, 1.807) is 25.2 Å². The Balaban J connectivity index is 3.07. The summed E-state index contributed by atoms with van der Waals surface area (Å²) in [7, 11) is 0. The lowest BCUT2D eigenvalue weighted by atomic mass is 9.77. The van der Waals surface area contributed by atoms with Gasteiger partial charge in [-0.05, 0) is 13.0 Å². The first kappa shape index (κ1) is 8.52. The van der Waals surface area contributed by atoms with Gasteiger partial charge in [-0.2, -0.15) is 10.5 Å². The zero-order valence-electron chi connectivity index (χ0n) is 6.78. The fourth-order valence-corrected chi connectivity index (χ4v) is 1.10. The first-order valence-corrected chi connectivity index (χ1v) is 3.60. The molecule has 1 aliphatic rings. The monoisotopic (exact) mass is 159 g/mol. The highest BCUT2D eigenvalue weighted by atomic mass is 14.7. The molecule has 0 aromatic carbocycles. The van der Waals surface area contributed by atoms with Gasteiger partial charge in [0.15, 0.2) is 0 Å². The van der Waals surface area contributed by atoms with Crippen LogP contribution >= 0.6 is 0 Å². The van der Waals surface area contributed by atoms with E-state index in [1.165, 1.54) is 0 Å². The number of rotatable bonds is 0. The molecule has 60 valence electrons. The lowest BCUT2D eigenvalue weighted by Gasteiger charge is -2.26. The summed E-state index contributed by atoms with van der Waals surface area (Å²) < 4.78 is 0. The van der Waals surface area contributed by atoms with Crippen LogP contribution in [0.25, 0.3) is 0 Å². The Morgan fingerprint density at radius 1 is 1.58 bits per heavy atom. The van der Waals surface area contributed by atoms with Crippen LogP contribution in [0, 0.1) is 28.1 Å². The van der Waals surface area contributed by atoms with E-state index in [0.29, 0.717) is 5.57 Å². The van der Waals surface area contributed by atoms with Crippen LogP contribution in [0.3, 0.4) is 0 Å². The van der Waals surface area contributed by atoms with Gasteiger partial charge in [-0.1, -0.05) is 12.2 Å². The molecule has 0 saturated carbocycles. The summed E-state index contributed by atoms with van der Waals surface area (Å²) in [6.07, 6.45) is 5.06. The molecule has 0 aromatic heterocycles. The van der Waals surface area contributed by atoms with Crippen molar-refractivity contribution in [3.05, 3.63) is 23.8 Å². The molecular formula is C9H9N3. The van der Waals surface area contributed by atoms with Crippen molar-refractivity contribution < 1.29 is 0 Å². The van der Waals surface area contributed by atoms with Gasteiger partial charge in [-0.25, -0.2) is 0 Å². The highest BCUT2D eigenvalue weighted by Crippen LogP contribution is 2.28. The van der Waals surface area contributed by atoms with Crippen molar-refractivity contribution in [1.82, 2.24) is 0 Å². The summed E-state index contributed by atoms with van der Waals surface area (Å²) in [6, 6.07) is 3.57. The van der Waals surface area contributed by atoms with Gasteiger partial charge in [0.2, 0.25) is 0 Å². The van der Waals surface area contributed by atoms with Gasteiger partial charge >= 0.3 is 0 Å². The Bertz CT molecular complexity index is 327. The maximum absolute atomic E-state index is 8.82. The zero-order chi connectivity index (χ0) is 9.19. The van der Waals surface area contributed by atoms with Gasteiger partial charge in [0, 0.05) is 5.57 Å². The fraction of sp³-hybridized carbons (Fsp3) is 0.333. The molecule has 3 nitrogen and oxygen atoms in total. The van der Waals surface area contributed by atoms with Crippen molar-refractivity contribution in [2.24, 2.45) is 11.1 Å². The van der Waals surface area contributed by atoms with Crippen LogP contribution in [0.5, 0.6) is 0 Å². The highest BCUT2D eigenvalue weighted by Gasteiger charge is 2.33. The lowest BCUT2D eigenvalue weighted by molar-refractivity contribution is 0.483. The van der Waals surface area contributed by atoms with Gasteiger partial charge in [-0.15, -0.1) is 0 Å². The number of nitriles is 2. The number of nitrogens with zero attached hydrogens (tertiary/aromatic N) is 2. The molecule has 12 heavy (non-hydrogen) atoms. The third kappa shape index (κ3) is 1.11. The van der Waals surface area contributed by atoms with Crippen LogP contribution in [0.4, 0.5) is 0 Å². The van der Waals surface area contributed by atoms with Crippen LogP contribution in [0.15, 0.2) is 23.8 Å². The second-order valence-electron chi connectivity index (χ2n) is 2.97. The molecule has 0 aliphatic heterocycles. The van der Waals surface area contributed by atoms with Crippen LogP contribution in [-0.4, -0.2) is 6.04 Å². The Labute approximate surface area is 71.4 Å². The number of hydrogen-bond donors (Lipinski definition) is 1. The molecule has 0 saturated heterocycles. The van der Waals surface area contributed by atoms with E-state index in [1.807, 2.05) is 6.07 Å². The van der Waals surface area contributed by atoms with Crippen molar-refractivity contribution >= 4 is 0 Å². The molecule has 0 amide bonds. The summed E-state index contributed by atoms with van der Waals surface area (Å²) in [5, 5.41) is 17.5. The van der Waals surface area contributed by atoms with E-state index >= 15 is 0 Å². The fourth-order valence-electron chi connectivity index (χ4n) is 1.10. The first-order chi connectivity index (χ1) is 5.64. The summed E-state index contributed by atoms with van der Waals surface area (Å²) in [4.78, 5) is 0. The predicted molar refractivity (Wildman–Crippen MR) is 44.5 cm³/mol. The highest BCUT2D eigenvalue weighted by molar-refractivity contribution is 5.41. The number of nitrogens with two attached hydrogens (primary N) is 1. The number of allylic oxidation sites excluding steroid dienone is 2. The van der Waals surface area contributed by atoms with E-state index in [2.05, 4.69) is 6.07 Å². The van der Waals surface area contributed by atoms with Crippen molar-refractivity contribution in [3.63, 3.8) is 0 Å². The topological polar surface area (TPSA) is 73.6 Å². The lowest BCUT2D eigenvalue weighted by Crippen LogP contribution is -2.39. The van der Waals surface area contributed by atoms with Crippen LogP contribution < -0.4 is 5.73 Å². The molecule has 2 unspecified atom stereocenters. The Hall–Kier alpha value is -1.58. The van der Waals surface area contributed by atoms with Crippen molar-refractivity contribution in [2.75, 3.05) is 0 Å². The molecule has 1 aliphatic carbocycles. The summed E-state index contributed by atoms with van der Waals surface area (Å²) >= 11 is 0. The Morgan fingerprint density at radius 3 is 2.75 bits per heavy atom.